The molecule has 0 radical (unpaired) electrons. The number of hydrogen-bond acceptors (Lipinski definition) is 2. The molecular weight excluding hydrogens is 307 g/mol. The number of carbonyl (C=O) groups excluding carboxylic acids is 1. The van der Waals surface area contributed by atoms with Crippen LogP contribution in [0.2, 0.25) is 10.0 Å². The van der Waals surface area contributed by atoms with E-state index in [1.54, 1.807) is 23.1 Å². The van der Waals surface area contributed by atoms with Crippen LogP contribution in [0.4, 0.5) is 11.4 Å². The summed E-state index contributed by atoms with van der Waals surface area (Å²) < 4.78 is 0. The second kappa shape index (κ2) is 5.96. The number of nitrogens with zero attached hydrogens (tertiary/aromatic N) is 1. The molecule has 0 aromatic heterocycles. The first-order valence-corrected chi connectivity index (χ1v) is 7.48. The van der Waals surface area contributed by atoms with Crippen LogP contribution >= 0.6 is 23.2 Å². The fourth-order valence-corrected chi connectivity index (χ4v) is 3.05. The van der Waals surface area contributed by atoms with Crippen LogP contribution in [-0.4, -0.2) is 19.0 Å². The molecule has 0 saturated heterocycles. The first-order valence-electron chi connectivity index (χ1n) is 6.73. The van der Waals surface area contributed by atoms with Gasteiger partial charge in [-0.05, 0) is 30.2 Å². The summed E-state index contributed by atoms with van der Waals surface area (Å²) in [5, 5.41) is 4.06. The molecule has 1 N–H and O–H groups in total. The average Bonchev–Trinajstić information content (AvgIpc) is 2.90. The fourth-order valence-electron chi connectivity index (χ4n) is 2.52. The average molecular weight is 321 g/mol. The van der Waals surface area contributed by atoms with Crippen molar-refractivity contribution in [3.8, 4) is 0 Å². The topological polar surface area (TPSA) is 32.3 Å². The molecule has 1 aliphatic heterocycles. The van der Waals surface area contributed by atoms with Crippen molar-refractivity contribution < 1.29 is 4.79 Å². The Balaban J connectivity index is 1.71. The zero-order valence-electron chi connectivity index (χ0n) is 11.3. The molecule has 1 amide bonds. The standard InChI is InChI=1S/C16H14Cl2N2O/c17-12-5-3-6-13(18)16(12)19-10-15(21)20-9-8-11-4-1-2-7-14(11)20/h1-7,19H,8-10H2. The molecule has 21 heavy (non-hydrogen) atoms. The molecule has 0 aliphatic carbocycles. The number of carbonyl (C=O) groups is 1. The Hall–Kier alpha value is -1.71. The number of nitrogens with one attached hydrogen (secondary N) is 1. The highest BCUT2D eigenvalue weighted by Crippen LogP contribution is 2.30. The van der Waals surface area contributed by atoms with Gasteiger partial charge in [0.25, 0.3) is 0 Å². The number of hydrogen-bond donors (Lipinski definition) is 1. The van der Waals surface area contributed by atoms with Crippen LogP contribution in [-0.2, 0) is 11.2 Å². The molecule has 0 saturated carbocycles. The summed E-state index contributed by atoms with van der Waals surface area (Å²) in [6.45, 7) is 0.883. The lowest BCUT2D eigenvalue weighted by Gasteiger charge is -2.18. The first-order chi connectivity index (χ1) is 10.2. The molecule has 1 aliphatic rings. The van der Waals surface area contributed by atoms with Crippen molar-refractivity contribution in [2.75, 3.05) is 23.3 Å². The smallest absolute Gasteiger partial charge is 0.246 e. The summed E-state index contributed by atoms with van der Waals surface area (Å²) in [6, 6.07) is 13.2. The van der Waals surface area contributed by atoms with Gasteiger partial charge in [0.1, 0.15) is 0 Å². The van der Waals surface area contributed by atoms with E-state index in [4.69, 9.17) is 23.2 Å². The second-order valence-electron chi connectivity index (χ2n) is 4.87. The molecular formula is C16H14Cl2N2O. The van der Waals surface area contributed by atoms with E-state index in [1.807, 2.05) is 18.2 Å². The van der Waals surface area contributed by atoms with Crippen molar-refractivity contribution >= 4 is 40.5 Å². The minimum absolute atomic E-state index is 0.0101. The van der Waals surface area contributed by atoms with Gasteiger partial charge in [0, 0.05) is 12.2 Å². The zero-order chi connectivity index (χ0) is 14.8. The minimum atomic E-state index is 0.0101. The highest BCUT2D eigenvalue weighted by molar-refractivity contribution is 6.39. The molecule has 2 aromatic rings. The summed E-state index contributed by atoms with van der Waals surface area (Å²) >= 11 is 12.2. The van der Waals surface area contributed by atoms with Crippen molar-refractivity contribution in [3.63, 3.8) is 0 Å². The van der Waals surface area contributed by atoms with Crippen molar-refractivity contribution in [2.24, 2.45) is 0 Å². The maximum atomic E-state index is 12.4. The summed E-state index contributed by atoms with van der Waals surface area (Å²) in [7, 11) is 0. The predicted molar refractivity (Wildman–Crippen MR) is 87.5 cm³/mol. The normalized spacial score (nSPS) is 13.1. The summed E-state index contributed by atoms with van der Waals surface area (Å²) in [5.41, 5.74) is 2.80. The van der Waals surface area contributed by atoms with Crippen LogP contribution in [0.3, 0.4) is 0 Å². The van der Waals surface area contributed by atoms with Gasteiger partial charge in [-0.25, -0.2) is 0 Å². The van der Waals surface area contributed by atoms with Gasteiger partial charge in [0.15, 0.2) is 0 Å². The van der Waals surface area contributed by atoms with E-state index in [-0.39, 0.29) is 12.5 Å². The Labute approximate surface area is 133 Å². The van der Waals surface area contributed by atoms with Gasteiger partial charge < -0.3 is 10.2 Å². The highest BCUT2D eigenvalue weighted by atomic mass is 35.5. The van der Waals surface area contributed by atoms with Gasteiger partial charge in [0.05, 0.1) is 22.3 Å². The summed E-state index contributed by atoms with van der Waals surface area (Å²) in [5.74, 6) is 0.0101. The van der Waals surface area contributed by atoms with E-state index in [0.717, 1.165) is 18.7 Å². The van der Waals surface area contributed by atoms with Crippen LogP contribution in [0.25, 0.3) is 0 Å². The summed E-state index contributed by atoms with van der Waals surface area (Å²) in [6.07, 6.45) is 0.898. The number of para-hydroxylation sites is 2. The van der Waals surface area contributed by atoms with Gasteiger partial charge in [-0.3, -0.25) is 4.79 Å². The van der Waals surface area contributed by atoms with Crippen LogP contribution in [0.15, 0.2) is 42.5 Å². The molecule has 0 fully saturated rings. The SMILES string of the molecule is O=C(CNc1c(Cl)cccc1Cl)N1CCc2ccccc21. The number of anilines is 2. The monoisotopic (exact) mass is 320 g/mol. The number of amides is 1. The first kappa shape index (κ1) is 14.2. The molecule has 0 unspecified atom stereocenters. The van der Waals surface area contributed by atoms with E-state index in [0.29, 0.717) is 15.7 Å². The lowest BCUT2D eigenvalue weighted by Crippen LogP contribution is -2.34. The maximum absolute atomic E-state index is 12.4. The Kier molecular flexibility index (Phi) is 4.04. The Morgan fingerprint density at radius 2 is 1.81 bits per heavy atom. The number of rotatable bonds is 3. The maximum Gasteiger partial charge on any atom is 0.246 e. The molecule has 1 heterocycles. The lowest BCUT2D eigenvalue weighted by molar-refractivity contribution is -0.116. The highest BCUT2D eigenvalue weighted by Gasteiger charge is 2.23. The largest absolute Gasteiger partial charge is 0.374 e. The van der Waals surface area contributed by atoms with E-state index in [9.17, 15) is 4.79 Å². The zero-order valence-corrected chi connectivity index (χ0v) is 12.8. The van der Waals surface area contributed by atoms with E-state index in [1.165, 1.54) is 5.56 Å². The van der Waals surface area contributed by atoms with Crippen molar-refractivity contribution in [1.82, 2.24) is 0 Å². The van der Waals surface area contributed by atoms with Gasteiger partial charge >= 0.3 is 0 Å². The number of fused-ring (bicyclic) bond motifs is 1. The van der Waals surface area contributed by atoms with Crippen molar-refractivity contribution in [1.29, 1.82) is 0 Å². The Morgan fingerprint density at radius 1 is 1.10 bits per heavy atom. The molecule has 0 bridgehead atoms. The Morgan fingerprint density at radius 3 is 2.57 bits per heavy atom. The minimum Gasteiger partial charge on any atom is -0.374 e. The molecule has 3 nitrogen and oxygen atoms in total. The van der Waals surface area contributed by atoms with Crippen LogP contribution in [0, 0.1) is 0 Å². The third-order valence-electron chi connectivity index (χ3n) is 3.57. The van der Waals surface area contributed by atoms with E-state index in [2.05, 4.69) is 11.4 Å². The van der Waals surface area contributed by atoms with Crippen molar-refractivity contribution in [3.05, 3.63) is 58.1 Å². The van der Waals surface area contributed by atoms with Crippen molar-refractivity contribution in [2.45, 2.75) is 6.42 Å². The Bertz CT molecular complexity index is 667. The third kappa shape index (κ3) is 2.85. The van der Waals surface area contributed by atoms with Crippen LogP contribution in [0.5, 0.6) is 0 Å². The predicted octanol–water partition coefficient (Wildman–Crippen LogP) is 3.99. The second-order valence-corrected chi connectivity index (χ2v) is 5.69. The molecule has 3 rings (SSSR count). The van der Waals surface area contributed by atoms with Gasteiger partial charge in [-0.1, -0.05) is 47.5 Å². The van der Waals surface area contributed by atoms with Crippen LogP contribution < -0.4 is 10.2 Å². The van der Waals surface area contributed by atoms with Gasteiger partial charge in [-0.2, -0.15) is 0 Å². The van der Waals surface area contributed by atoms with E-state index < -0.39 is 0 Å². The van der Waals surface area contributed by atoms with Crippen LogP contribution in [0.1, 0.15) is 5.56 Å². The molecule has 0 spiro atoms. The van der Waals surface area contributed by atoms with Gasteiger partial charge in [-0.15, -0.1) is 0 Å². The quantitative estimate of drug-likeness (QED) is 0.927. The summed E-state index contributed by atoms with van der Waals surface area (Å²) in [4.78, 5) is 14.2. The number of benzene rings is 2. The molecule has 0 atom stereocenters. The molecule has 5 heteroatoms. The lowest BCUT2D eigenvalue weighted by atomic mass is 10.2. The number of halogens is 2. The third-order valence-corrected chi connectivity index (χ3v) is 4.20. The van der Waals surface area contributed by atoms with Gasteiger partial charge in [0.2, 0.25) is 5.91 Å². The fraction of sp³-hybridized carbons (Fsp3) is 0.188. The molecule has 108 valence electrons. The molecule has 2 aromatic carbocycles. The van der Waals surface area contributed by atoms with E-state index >= 15 is 0 Å².